The van der Waals surface area contributed by atoms with Crippen molar-refractivity contribution in [3.8, 4) is 0 Å². The summed E-state index contributed by atoms with van der Waals surface area (Å²) >= 11 is 11.8. The van der Waals surface area contributed by atoms with Gasteiger partial charge in [0.1, 0.15) is 0 Å². The molecule has 11 heteroatoms. The number of aryl methyl sites for hydroxylation is 3. The van der Waals surface area contributed by atoms with Gasteiger partial charge in [-0.05, 0) is 67.0 Å². The molecule has 0 saturated carbocycles. The number of hydrogen-bond donors (Lipinski definition) is 1. The fraction of sp³-hybridized carbons (Fsp3) is 0.333. The minimum Gasteiger partial charge on any atom is -0.345 e. The third-order valence-corrected chi connectivity index (χ3v) is 7.52. The van der Waals surface area contributed by atoms with Crippen molar-refractivity contribution >= 4 is 51.7 Å². The summed E-state index contributed by atoms with van der Waals surface area (Å²) in [5.41, 5.74) is 4.32. The first kappa shape index (κ1) is 26.0. The molecule has 2 aromatic heterocycles. The summed E-state index contributed by atoms with van der Waals surface area (Å²) in [6, 6.07) is 13.8. The second-order valence-corrected chi connectivity index (χ2v) is 10.6. The van der Waals surface area contributed by atoms with Gasteiger partial charge in [0, 0.05) is 51.0 Å². The molecule has 5 rings (SSSR count). The Morgan fingerprint density at radius 1 is 0.974 bits per heavy atom. The molecule has 0 radical (unpaired) electrons. The number of halogens is 1. The lowest BCUT2D eigenvalue weighted by atomic mass is 10.1. The van der Waals surface area contributed by atoms with E-state index < -0.39 is 5.69 Å². The molecule has 1 N–H and O–H groups in total. The molecule has 3 heterocycles. The molecule has 9 nitrogen and oxygen atoms in total. The smallest absolute Gasteiger partial charge is 0.332 e. The summed E-state index contributed by atoms with van der Waals surface area (Å²) < 4.78 is 4.46. The van der Waals surface area contributed by atoms with E-state index in [4.69, 9.17) is 28.8 Å². The molecule has 0 spiro atoms. The minimum absolute atomic E-state index is 0.367. The van der Waals surface area contributed by atoms with Gasteiger partial charge in [-0.25, -0.2) is 4.79 Å². The van der Waals surface area contributed by atoms with Crippen LogP contribution in [0.15, 0.2) is 52.1 Å². The molecule has 2 aromatic carbocycles. The van der Waals surface area contributed by atoms with Crippen LogP contribution in [0.2, 0.25) is 5.02 Å². The molecular formula is C27H30ClN7O2S. The number of nitrogens with one attached hydrogen (secondary N) is 1. The van der Waals surface area contributed by atoms with Gasteiger partial charge in [-0.2, -0.15) is 4.98 Å². The van der Waals surface area contributed by atoms with E-state index in [1.54, 1.807) is 7.05 Å². The number of hydrogen-bond acceptors (Lipinski definition) is 5. The van der Waals surface area contributed by atoms with E-state index in [1.807, 2.05) is 28.8 Å². The molecule has 198 valence electrons. The fourth-order valence-electron chi connectivity index (χ4n) is 4.96. The first-order valence-electron chi connectivity index (χ1n) is 12.4. The summed E-state index contributed by atoms with van der Waals surface area (Å²) in [4.78, 5) is 35.0. The number of aromatic nitrogens is 4. The lowest BCUT2D eigenvalue weighted by molar-refractivity contribution is 0.386. The second-order valence-electron chi connectivity index (χ2n) is 9.78. The zero-order valence-corrected chi connectivity index (χ0v) is 23.4. The highest BCUT2D eigenvalue weighted by molar-refractivity contribution is 7.80. The highest BCUT2D eigenvalue weighted by atomic mass is 35.5. The molecule has 1 aliphatic heterocycles. The van der Waals surface area contributed by atoms with Crippen molar-refractivity contribution in [3.63, 3.8) is 0 Å². The van der Waals surface area contributed by atoms with Crippen LogP contribution in [0.1, 0.15) is 16.7 Å². The maximum Gasteiger partial charge on any atom is 0.332 e. The Labute approximate surface area is 230 Å². The maximum atomic E-state index is 13.2. The van der Waals surface area contributed by atoms with Gasteiger partial charge in [-0.3, -0.25) is 18.5 Å². The molecule has 0 aliphatic carbocycles. The molecule has 1 fully saturated rings. The van der Waals surface area contributed by atoms with Crippen molar-refractivity contribution < 1.29 is 0 Å². The van der Waals surface area contributed by atoms with Crippen LogP contribution in [0.25, 0.3) is 11.2 Å². The van der Waals surface area contributed by atoms with Crippen molar-refractivity contribution in [2.24, 2.45) is 14.1 Å². The Bertz CT molecular complexity index is 1630. The Morgan fingerprint density at radius 3 is 2.24 bits per heavy atom. The minimum atomic E-state index is -0.405. The van der Waals surface area contributed by atoms with Gasteiger partial charge in [-0.15, -0.1) is 0 Å². The number of thiocarbonyl (C=S) groups is 1. The first-order chi connectivity index (χ1) is 18.1. The van der Waals surface area contributed by atoms with E-state index in [0.29, 0.717) is 60.0 Å². The number of nitrogens with zero attached hydrogens (tertiary/aromatic N) is 6. The normalized spacial score (nSPS) is 13.8. The lowest BCUT2D eigenvalue weighted by Crippen LogP contribution is -2.50. The number of piperazine rings is 1. The summed E-state index contributed by atoms with van der Waals surface area (Å²) in [6.07, 6.45) is 0. The van der Waals surface area contributed by atoms with Gasteiger partial charge >= 0.3 is 5.69 Å². The van der Waals surface area contributed by atoms with Crippen molar-refractivity contribution in [1.82, 2.24) is 23.6 Å². The molecular weight excluding hydrogens is 522 g/mol. The van der Waals surface area contributed by atoms with E-state index >= 15 is 0 Å². The van der Waals surface area contributed by atoms with Crippen molar-refractivity contribution in [2.45, 2.75) is 20.4 Å². The monoisotopic (exact) mass is 551 g/mol. The van der Waals surface area contributed by atoms with E-state index in [0.717, 1.165) is 15.8 Å². The predicted octanol–water partition coefficient (Wildman–Crippen LogP) is 3.27. The maximum absolute atomic E-state index is 13.2. The van der Waals surface area contributed by atoms with Crippen molar-refractivity contribution in [3.05, 3.63) is 85.0 Å². The SMILES string of the molecule is Cc1cc(C)cc(NC(=S)N2CCN(c3nc4c(c(=O)n(C)c(=O)n4C)n3Cc3ccc(Cl)cc3)CC2)c1. The van der Waals surface area contributed by atoms with Crippen LogP contribution in [0.5, 0.6) is 0 Å². The van der Waals surface area contributed by atoms with Crippen LogP contribution in [-0.4, -0.2) is 54.9 Å². The molecule has 38 heavy (non-hydrogen) atoms. The van der Waals surface area contributed by atoms with E-state index in [1.165, 1.54) is 22.7 Å². The van der Waals surface area contributed by atoms with Gasteiger partial charge in [0.2, 0.25) is 5.95 Å². The second kappa shape index (κ2) is 10.3. The van der Waals surface area contributed by atoms with E-state index in [2.05, 4.69) is 47.2 Å². The highest BCUT2D eigenvalue weighted by Crippen LogP contribution is 2.24. The van der Waals surface area contributed by atoms with E-state index in [9.17, 15) is 9.59 Å². The molecule has 0 atom stereocenters. The number of fused-ring (bicyclic) bond motifs is 1. The summed E-state index contributed by atoms with van der Waals surface area (Å²) in [7, 11) is 3.13. The topological polar surface area (TPSA) is 80.3 Å². The van der Waals surface area contributed by atoms with Crippen LogP contribution in [0.3, 0.4) is 0 Å². The van der Waals surface area contributed by atoms with Crippen LogP contribution in [0.4, 0.5) is 11.6 Å². The van der Waals surface area contributed by atoms with Crippen LogP contribution < -0.4 is 21.5 Å². The van der Waals surface area contributed by atoms with E-state index in [-0.39, 0.29) is 5.56 Å². The molecule has 0 bridgehead atoms. The van der Waals surface area contributed by atoms with Crippen LogP contribution in [0, 0.1) is 13.8 Å². The fourth-order valence-corrected chi connectivity index (χ4v) is 5.38. The van der Waals surface area contributed by atoms with Gasteiger partial charge in [0.15, 0.2) is 16.3 Å². The molecule has 0 amide bonds. The zero-order valence-electron chi connectivity index (χ0n) is 21.9. The number of benzene rings is 2. The molecule has 1 saturated heterocycles. The quantitative estimate of drug-likeness (QED) is 0.390. The molecule has 1 aliphatic rings. The lowest BCUT2D eigenvalue weighted by Gasteiger charge is -2.36. The summed E-state index contributed by atoms with van der Waals surface area (Å²) in [6.45, 7) is 7.26. The predicted molar refractivity (Wildman–Crippen MR) is 157 cm³/mol. The van der Waals surface area contributed by atoms with Gasteiger partial charge in [0.05, 0.1) is 6.54 Å². The third-order valence-electron chi connectivity index (χ3n) is 6.90. The van der Waals surface area contributed by atoms with Gasteiger partial charge in [-0.1, -0.05) is 29.8 Å². The molecule has 0 unspecified atom stereocenters. The summed E-state index contributed by atoms with van der Waals surface area (Å²) in [5, 5.41) is 4.69. The van der Waals surface area contributed by atoms with Crippen LogP contribution in [-0.2, 0) is 20.6 Å². The number of rotatable bonds is 4. The summed E-state index contributed by atoms with van der Waals surface area (Å²) in [5.74, 6) is 0.654. The Morgan fingerprint density at radius 2 is 1.61 bits per heavy atom. The first-order valence-corrected chi connectivity index (χ1v) is 13.2. The Kier molecular flexibility index (Phi) is 7.02. The van der Waals surface area contributed by atoms with Gasteiger partial charge < -0.3 is 15.1 Å². The standard InChI is InChI=1S/C27H30ClN7O2S/c1-17-13-18(2)15-21(14-17)29-26(38)34-11-9-33(10-12-34)25-30-23-22(24(36)32(4)27(37)31(23)3)35(25)16-19-5-7-20(28)8-6-19/h5-8,13-15H,9-12,16H2,1-4H3,(H,29,38). The number of imidazole rings is 1. The largest absolute Gasteiger partial charge is 0.345 e. The zero-order chi connectivity index (χ0) is 27.1. The van der Waals surface area contributed by atoms with Crippen LogP contribution >= 0.6 is 23.8 Å². The van der Waals surface area contributed by atoms with Gasteiger partial charge in [0.25, 0.3) is 5.56 Å². The highest BCUT2D eigenvalue weighted by Gasteiger charge is 2.26. The Hall–Kier alpha value is -3.63. The van der Waals surface area contributed by atoms with Crippen molar-refractivity contribution in [1.29, 1.82) is 0 Å². The third kappa shape index (κ3) is 4.93. The van der Waals surface area contributed by atoms with Crippen molar-refractivity contribution in [2.75, 3.05) is 36.4 Å². The average molecular weight is 552 g/mol. The molecule has 4 aromatic rings. The number of anilines is 2. The Balaban J connectivity index is 1.44. The average Bonchev–Trinajstić information content (AvgIpc) is 3.26.